The van der Waals surface area contributed by atoms with Gasteiger partial charge in [-0.2, -0.15) is 4.98 Å². The monoisotopic (exact) mass is 262 g/mol. The molecule has 1 aliphatic rings. The number of anilines is 2. The van der Waals surface area contributed by atoms with Crippen molar-refractivity contribution >= 4 is 11.8 Å². The molecule has 1 saturated heterocycles. The first-order valence-electron chi connectivity index (χ1n) is 7.45. The summed E-state index contributed by atoms with van der Waals surface area (Å²) < 4.78 is 0. The van der Waals surface area contributed by atoms with E-state index in [-0.39, 0.29) is 0 Å². The normalized spacial score (nSPS) is 27.4. The fourth-order valence-corrected chi connectivity index (χ4v) is 2.85. The van der Waals surface area contributed by atoms with Gasteiger partial charge in [-0.05, 0) is 37.7 Å². The minimum atomic E-state index is 0.546. The van der Waals surface area contributed by atoms with Gasteiger partial charge in [0.25, 0.3) is 0 Å². The molecule has 1 N–H and O–H groups in total. The van der Waals surface area contributed by atoms with Crippen LogP contribution in [0.15, 0.2) is 12.3 Å². The Kier molecular flexibility index (Phi) is 4.61. The third kappa shape index (κ3) is 3.37. The number of nitrogens with zero attached hydrogens (tertiary/aromatic N) is 3. The average Bonchev–Trinajstić information content (AvgIpc) is 2.41. The molecule has 2 rings (SSSR count). The molecular weight excluding hydrogens is 236 g/mol. The van der Waals surface area contributed by atoms with Gasteiger partial charge in [-0.1, -0.05) is 20.8 Å². The van der Waals surface area contributed by atoms with Gasteiger partial charge in [0.1, 0.15) is 5.82 Å². The highest BCUT2D eigenvalue weighted by Gasteiger charge is 2.29. The lowest BCUT2D eigenvalue weighted by atomic mass is 9.86. The minimum absolute atomic E-state index is 0.546. The summed E-state index contributed by atoms with van der Waals surface area (Å²) in [6, 6.07) is 2.57. The quantitative estimate of drug-likeness (QED) is 0.905. The molecule has 3 unspecified atom stereocenters. The van der Waals surface area contributed by atoms with Crippen molar-refractivity contribution in [3.63, 3.8) is 0 Å². The number of aromatic nitrogens is 2. The Hall–Kier alpha value is -1.32. The van der Waals surface area contributed by atoms with Gasteiger partial charge in [-0.25, -0.2) is 4.98 Å². The molecule has 0 aliphatic carbocycles. The molecule has 1 aliphatic heterocycles. The van der Waals surface area contributed by atoms with Crippen LogP contribution in [0.4, 0.5) is 11.8 Å². The van der Waals surface area contributed by atoms with Crippen molar-refractivity contribution in [2.24, 2.45) is 11.8 Å². The van der Waals surface area contributed by atoms with Gasteiger partial charge < -0.3 is 10.2 Å². The molecule has 0 amide bonds. The lowest BCUT2D eigenvalue weighted by Gasteiger charge is -2.41. The second-order valence-electron chi connectivity index (χ2n) is 5.88. The Morgan fingerprint density at radius 2 is 2.16 bits per heavy atom. The number of hydrogen-bond donors (Lipinski definition) is 1. The Labute approximate surface area is 116 Å². The highest BCUT2D eigenvalue weighted by atomic mass is 15.3. The topological polar surface area (TPSA) is 41.1 Å². The molecule has 3 atom stereocenters. The van der Waals surface area contributed by atoms with Crippen LogP contribution >= 0.6 is 0 Å². The Bertz CT molecular complexity index is 407. The summed E-state index contributed by atoms with van der Waals surface area (Å²) in [4.78, 5) is 11.4. The van der Waals surface area contributed by atoms with Crippen molar-refractivity contribution in [1.29, 1.82) is 0 Å². The van der Waals surface area contributed by atoms with E-state index in [0.717, 1.165) is 37.2 Å². The van der Waals surface area contributed by atoms with E-state index in [2.05, 4.69) is 47.9 Å². The summed E-state index contributed by atoms with van der Waals surface area (Å²) in [5.74, 6) is 3.25. The van der Waals surface area contributed by atoms with E-state index in [4.69, 9.17) is 0 Å². The zero-order valence-electron chi connectivity index (χ0n) is 12.6. The minimum Gasteiger partial charge on any atom is -0.354 e. The molecule has 1 aromatic heterocycles. The molecule has 1 aromatic rings. The van der Waals surface area contributed by atoms with Crippen molar-refractivity contribution in [2.75, 3.05) is 23.3 Å². The SMILES string of the molecule is CCCNc1nccc(N2CC(C)CC(C)C2C)n1. The Morgan fingerprint density at radius 3 is 2.89 bits per heavy atom. The first-order chi connectivity index (χ1) is 9.11. The Balaban J connectivity index is 2.15. The number of nitrogens with one attached hydrogen (secondary N) is 1. The number of piperidine rings is 1. The van der Waals surface area contributed by atoms with E-state index in [1.165, 1.54) is 6.42 Å². The van der Waals surface area contributed by atoms with Crippen molar-refractivity contribution in [1.82, 2.24) is 9.97 Å². The maximum absolute atomic E-state index is 4.66. The van der Waals surface area contributed by atoms with Crippen molar-refractivity contribution < 1.29 is 0 Å². The maximum atomic E-state index is 4.66. The summed E-state index contributed by atoms with van der Waals surface area (Å²) in [6.45, 7) is 11.1. The highest BCUT2D eigenvalue weighted by molar-refractivity contribution is 5.44. The van der Waals surface area contributed by atoms with Gasteiger partial charge in [0.2, 0.25) is 5.95 Å². The lowest BCUT2D eigenvalue weighted by molar-refractivity contribution is 0.295. The van der Waals surface area contributed by atoms with Crippen LogP contribution < -0.4 is 10.2 Å². The van der Waals surface area contributed by atoms with Crippen LogP contribution in [-0.4, -0.2) is 29.1 Å². The fourth-order valence-electron chi connectivity index (χ4n) is 2.85. The molecule has 4 nitrogen and oxygen atoms in total. The average molecular weight is 262 g/mol. The van der Waals surface area contributed by atoms with Gasteiger partial charge >= 0.3 is 0 Å². The van der Waals surface area contributed by atoms with E-state index in [0.29, 0.717) is 12.0 Å². The van der Waals surface area contributed by atoms with Gasteiger partial charge in [0, 0.05) is 25.3 Å². The molecule has 1 fully saturated rings. The second kappa shape index (κ2) is 6.22. The zero-order valence-corrected chi connectivity index (χ0v) is 12.6. The van der Waals surface area contributed by atoms with Crippen LogP contribution in [0.25, 0.3) is 0 Å². The Morgan fingerprint density at radius 1 is 1.37 bits per heavy atom. The third-order valence-electron chi connectivity index (χ3n) is 4.07. The molecule has 4 heteroatoms. The zero-order chi connectivity index (χ0) is 13.8. The number of rotatable bonds is 4. The van der Waals surface area contributed by atoms with Gasteiger partial charge in [0.15, 0.2) is 0 Å². The molecular formula is C15H26N4. The largest absolute Gasteiger partial charge is 0.354 e. The molecule has 106 valence electrons. The van der Waals surface area contributed by atoms with Crippen LogP contribution in [0, 0.1) is 11.8 Å². The predicted octanol–water partition coefficient (Wildman–Crippen LogP) is 3.17. The van der Waals surface area contributed by atoms with Crippen molar-refractivity contribution in [2.45, 2.75) is 46.6 Å². The van der Waals surface area contributed by atoms with Crippen molar-refractivity contribution in [3.05, 3.63) is 12.3 Å². The summed E-state index contributed by atoms with van der Waals surface area (Å²) >= 11 is 0. The van der Waals surface area contributed by atoms with Crippen molar-refractivity contribution in [3.8, 4) is 0 Å². The molecule has 0 spiro atoms. The summed E-state index contributed by atoms with van der Waals surface area (Å²) in [5.41, 5.74) is 0. The first kappa shape index (κ1) is 14.1. The lowest BCUT2D eigenvalue weighted by Crippen LogP contribution is -2.46. The van der Waals surface area contributed by atoms with Gasteiger partial charge in [-0.3, -0.25) is 0 Å². The van der Waals surface area contributed by atoms with Crippen LogP contribution in [0.1, 0.15) is 40.5 Å². The van der Waals surface area contributed by atoms with E-state index >= 15 is 0 Å². The smallest absolute Gasteiger partial charge is 0.224 e. The summed E-state index contributed by atoms with van der Waals surface area (Å²) in [6.07, 6.45) is 4.25. The van der Waals surface area contributed by atoms with E-state index < -0.39 is 0 Å². The van der Waals surface area contributed by atoms with Gasteiger partial charge in [0.05, 0.1) is 0 Å². The molecule has 2 heterocycles. The van der Waals surface area contributed by atoms with E-state index in [1.54, 1.807) is 0 Å². The summed E-state index contributed by atoms with van der Waals surface area (Å²) in [7, 11) is 0. The van der Waals surface area contributed by atoms with E-state index in [1.807, 2.05) is 12.3 Å². The number of hydrogen-bond acceptors (Lipinski definition) is 4. The molecule has 0 saturated carbocycles. The van der Waals surface area contributed by atoms with Crippen LogP contribution in [-0.2, 0) is 0 Å². The van der Waals surface area contributed by atoms with Crippen LogP contribution in [0.3, 0.4) is 0 Å². The molecule has 0 radical (unpaired) electrons. The van der Waals surface area contributed by atoms with E-state index in [9.17, 15) is 0 Å². The third-order valence-corrected chi connectivity index (χ3v) is 4.07. The second-order valence-corrected chi connectivity index (χ2v) is 5.88. The van der Waals surface area contributed by atoms with Gasteiger partial charge in [-0.15, -0.1) is 0 Å². The highest BCUT2D eigenvalue weighted by Crippen LogP contribution is 2.30. The van der Waals surface area contributed by atoms with Crippen LogP contribution in [0.2, 0.25) is 0 Å². The molecule has 0 bridgehead atoms. The predicted molar refractivity (Wildman–Crippen MR) is 80.6 cm³/mol. The fraction of sp³-hybridized carbons (Fsp3) is 0.733. The van der Waals surface area contributed by atoms with Crippen LogP contribution in [0.5, 0.6) is 0 Å². The summed E-state index contributed by atoms with van der Waals surface area (Å²) in [5, 5.41) is 3.26. The molecule has 19 heavy (non-hydrogen) atoms. The maximum Gasteiger partial charge on any atom is 0.224 e. The molecule has 0 aromatic carbocycles. The standard InChI is InChI=1S/C15H26N4/c1-5-7-16-15-17-8-6-14(18-15)19-10-11(2)9-12(3)13(19)4/h6,8,11-13H,5,7,9-10H2,1-4H3,(H,16,17,18). The first-order valence-corrected chi connectivity index (χ1v) is 7.45.